The molecule has 1 aliphatic rings. The third kappa shape index (κ3) is 3.08. The van der Waals surface area contributed by atoms with Crippen LogP contribution < -0.4 is 0 Å². The van der Waals surface area contributed by atoms with Gasteiger partial charge in [0.25, 0.3) is 0 Å². The largest absolute Gasteiger partial charge is 0.477 e. The molecular weight excluding hydrogens is 288 g/mol. The van der Waals surface area contributed by atoms with Crippen molar-refractivity contribution in [2.75, 3.05) is 26.7 Å². The highest BCUT2D eigenvalue weighted by atomic mass is 79.9. The topological polar surface area (TPSA) is 54.7 Å². The van der Waals surface area contributed by atoms with E-state index < -0.39 is 5.97 Å². The number of halogens is 1. The summed E-state index contributed by atoms with van der Waals surface area (Å²) in [5.41, 5.74) is 0.286. The minimum absolute atomic E-state index is 0.0474. The molecule has 1 aromatic rings. The summed E-state index contributed by atoms with van der Waals surface area (Å²) in [5, 5.41) is 9.07. The molecule has 1 N–H and O–H groups in total. The Balaban J connectivity index is 2.09. The summed E-state index contributed by atoms with van der Waals surface area (Å²) >= 11 is 3.29. The lowest BCUT2D eigenvalue weighted by Crippen LogP contribution is -2.42. The van der Waals surface area contributed by atoms with E-state index in [1.165, 1.54) is 0 Å². The number of nitrogens with zero attached hydrogens (tertiary/aromatic N) is 2. The molecule has 0 aliphatic carbocycles. The molecule has 0 amide bonds. The molecule has 0 radical (unpaired) electrons. The molecule has 1 aromatic heterocycles. The summed E-state index contributed by atoms with van der Waals surface area (Å²) < 4.78 is 8.12. The number of carboxylic acid groups (broad SMARTS) is 1. The molecule has 17 heavy (non-hydrogen) atoms. The van der Waals surface area contributed by atoms with Crippen LogP contribution >= 0.6 is 15.9 Å². The van der Waals surface area contributed by atoms with E-state index in [0.29, 0.717) is 13.2 Å². The third-order valence-corrected chi connectivity index (χ3v) is 3.26. The molecular formula is C11H15BrN2O3. The van der Waals surface area contributed by atoms with Gasteiger partial charge in [0.2, 0.25) is 0 Å². The smallest absolute Gasteiger partial charge is 0.352 e. The second-order valence-electron chi connectivity index (χ2n) is 4.26. The van der Waals surface area contributed by atoms with E-state index >= 15 is 0 Å². The molecule has 94 valence electrons. The van der Waals surface area contributed by atoms with Crippen LogP contribution in [0.25, 0.3) is 0 Å². The number of morpholine rings is 1. The maximum absolute atomic E-state index is 11.0. The van der Waals surface area contributed by atoms with Gasteiger partial charge in [-0.1, -0.05) is 0 Å². The highest BCUT2D eigenvalue weighted by Gasteiger charge is 2.20. The number of ether oxygens (including phenoxy) is 1. The van der Waals surface area contributed by atoms with E-state index in [-0.39, 0.29) is 11.8 Å². The lowest BCUT2D eigenvalue weighted by molar-refractivity contribution is -0.0277. The molecule has 0 saturated carbocycles. The first-order chi connectivity index (χ1) is 8.06. The Morgan fingerprint density at radius 2 is 2.47 bits per heavy atom. The quantitative estimate of drug-likeness (QED) is 0.914. The van der Waals surface area contributed by atoms with Crippen LogP contribution in [0.2, 0.25) is 0 Å². The lowest BCUT2D eigenvalue weighted by Gasteiger charge is -2.30. The Bertz CT molecular complexity index is 419. The van der Waals surface area contributed by atoms with Crippen molar-refractivity contribution in [2.24, 2.45) is 0 Å². The first-order valence-corrected chi connectivity index (χ1v) is 6.24. The van der Waals surface area contributed by atoms with E-state index in [0.717, 1.165) is 17.6 Å². The van der Waals surface area contributed by atoms with Crippen LogP contribution in [0, 0.1) is 0 Å². The van der Waals surface area contributed by atoms with Gasteiger partial charge in [0, 0.05) is 23.8 Å². The molecule has 2 rings (SSSR count). The maximum atomic E-state index is 11.0. The Morgan fingerprint density at radius 3 is 3.12 bits per heavy atom. The Morgan fingerprint density at radius 1 is 1.71 bits per heavy atom. The number of carboxylic acids is 1. The van der Waals surface area contributed by atoms with Crippen LogP contribution in [-0.2, 0) is 11.3 Å². The fourth-order valence-corrected chi connectivity index (χ4v) is 2.47. The predicted molar refractivity (Wildman–Crippen MR) is 66.3 cm³/mol. The highest BCUT2D eigenvalue weighted by Crippen LogP contribution is 2.17. The minimum Gasteiger partial charge on any atom is -0.477 e. The van der Waals surface area contributed by atoms with Gasteiger partial charge in [-0.25, -0.2) is 4.79 Å². The number of aromatic nitrogens is 1. The Hall–Kier alpha value is -0.850. The SMILES string of the molecule is CN1CCOC(Cn2cc(Br)cc2C(=O)O)C1. The summed E-state index contributed by atoms with van der Waals surface area (Å²) in [6.07, 6.45) is 1.83. The van der Waals surface area contributed by atoms with Crippen molar-refractivity contribution in [1.82, 2.24) is 9.47 Å². The van der Waals surface area contributed by atoms with Crippen LogP contribution in [0.4, 0.5) is 0 Å². The van der Waals surface area contributed by atoms with Gasteiger partial charge in [-0.2, -0.15) is 0 Å². The van der Waals surface area contributed by atoms with Gasteiger partial charge in [0.05, 0.1) is 19.3 Å². The third-order valence-electron chi connectivity index (χ3n) is 2.82. The standard InChI is InChI=1S/C11H15BrN2O3/c1-13-2-3-17-9(6-13)7-14-5-8(12)4-10(14)11(15)16/h4-5,9H,2-3,6-7H2,1H3,(H,15,16). The first kappa shape index (κ1) is 12.6. The van der Waals surface area contributed by atoms with E-state index in [2.05, 4.69) is 20.8 Å². The van der Waals surface area contributed by atoms with Crippen molar-refractivity contribution in [3.63, 3.8) is 0 Å². The molecule has 2 heterocycles. The molecule has 5 nitrogen and oxygen atoms in total. The number of hydrogen-bond acceptors (Lipinski definition) is 3. The van der Waals surface area contributed by atoms with E-state index in [4.69, 9.17) is 9.84 Å². The fraction of sp³-hybridized carbons (Fsp3) is 0.545. The van der Waals surface area contributed by atoms with Gasteiger partial charge < -0.3 is 19.3 Å². The van der Waals surface area contributed by atoms with Gasteiger partial charge in [-0.3, -0.25) is 0 Å². The summed E-state index contributed by atoms with van der Waals surface area (Å²) in [4.78, 5) is 13.2. The second-order valence-corrected chi connectivity index (χ2v) is 5.17. The molecule has 0 bridgehead atoms. The highest BCUT2D eigenvalue weighted by molar-refractivity contribution is 9.10. The second kappa shape index (κ2) is 5.20. The summed E-state index contributed by atoms with van der Waals surface area (Å²) in [5.74, 6) is -0.917. The van der Waals surface area contributed by atoms with Gasteiger partial charge in [0.1, 0.15) is 5.69 Å². The normalized spacial score (nSPS) is 21.6. The van der Waals surface area contributed by atoms with E-state index in [1.807, 2.05) is 7.05 Å². The monoisotopic (exact) mass is 302 g/mol. The predicted octanol–water partition coefficient (Wildman–Crippen LogP) is 1.28. The fourth-order valence-electron chi connectivity index (χ4n) is 2.00. The van der Waals surface area contributed by atoms with Crippen molar-refractivity contribution < 1.29 is 14.6 Å². The number of rotatable bonds is 3. The van der Waals surface area contributed by atoms with E-state index in [1.54, 1.807) is 16.8 Å². The molecule has 1 fully saturated rings. The maximum Gasteiger partial charge on any atom is 0.352 e. The molecule has 0 spiro atoms. The summed E-state index contributed by atoms with van der Waals surface area (Å²) in [6.45, 7) is 3.02. The Kier molecular flexibility index (Phi) is 3.86. The molecule has 1 unspecified atom stereocenters. The number of likely N-dealkylation sites (N-methyl/N-ethyl adjacent to an activating group) is 1. The average molecular weight is 303 g/mol. The minimum atomic E-state index is -0.917. The van der Waals surface area contributed by atoms with Gasteiger partial charge >= 0.3 is 5.97 Å². The van der Waals surface area contributed by atoms with Crippen LogP contribution in [0.3, 0.4) is 0 Å². The number of hydrogen-bond donors (Lipinski definition) is 1. The number of carbonyl (C=O) groups is 1. The van der Waals surface area contributed by atoms with Crippen molar-refractivity contribution in [3.05, 3.63) is 22.4 Å². The van der Waals surface area contributed by atoms with Crippen molar-refractivity contribution in [2.45, 2.75) is 12.6 Å². The first-order valence-electron chi connectivity index (χ1n) is 5.45. The van der Waals surface area contributed by atoms with Crippen LogP contribution in [0.15, 0.2) is 16.7 Å². The van der Waals surface area contributed by atoms with Crippen molar-refractivity contribution in [3.8, 4) is 0 Å². The van der Waals surface area contributed by atoms with Crippen molar-refractivity contribution >= 4 is 21.9 Å². The summed E-state index contributed by atoms with van der Waals surface area (Å²) in [6, 6.07) is 1.61. The molecule has 6 heteroatoms. The van der Waals surface area contributed by atoms with Crippen molar-refractivity contribution in [1.29, 1.82) is 0 Å². The van der Waals surface area contributed by atoms with E-state index in [9.17, 15) is 4.79 Å². The van der Waals surface area contributed by atoms with Crippen LogP contribution in [0.1, 0.15) is 10.5 Å². The molecule has 1 atom stereocenters. The zero-order valence-corrected chi connectivity index (χ0v) is 11.2. The van der Waals surface area contributed by atoms with Gasteiger partial charge in [0.15, 0.2) is 0 Å². The van der Waals surface area contributed by atoms with Gasteiger partial charge in [-0.05, 0) is 29.0 Å². The zero-order chi connectivity index (χ0) is 12.4. The molecule has 1 aliphatic heterocycles. The van der Waals surface area contributed by atoms with Gasteiger partial charge in [-0.15, -0.1) is 0 Å². The van der Waals surface area contributed by atoms with Crippen LogP contribution in [0.5, 0.6) is 0 Å². The zero-order valence-electron chi connectivity index (χ0n) is 9.60. The Labute approximate surface area is 108 Å². The molecule has 1 saturated heterocycles. The summed E-state index contributed by atoms with van der Waals surface area (Å²) in [7, 11) is 2.04. The average Bonchev–Trinajstić information content (AvgIpc) is 2.59. The number of aromatic carboxylic acids is 1. The lowest BCUT2D eigenvalue weighted by atomic mass is 10.2. The van der Waals surface area contributed by atoms with Crippen LogP contribution in [-0.4, -0.2) is 53.4 Å². The molecule has 0 aromatic carbocycles.